The van der Waals surface area contributed by atoms with Crippen molar-refractivity contribution in [3.8, 4) is 0 Å². The molecular weight excluding hydrogens is 264 g/mol. The number of rotatable bonds is 16. The van der Waals surface area contributed by atoms with Crippen molar-refractivity contribution >= 4 is 5.78 Å². The SMILES string of the molecule is CCCCCCCC(=O)C(CCCC)OOCCCCC. The van der Waals surface area contributed by atoms with Gasteiger partial charge < -0.3 is 0 Å². The van der Waals surface area contributed by atoms with Crippen LogP contribution in [-0.4, -0.2) is 18.5 Å². The fourth-order valence-electron chi connectivity index (χ4n) is 2.26. The summed E-state index contributed by atoms with van der Waals surface area (Å²) in [5, 5.41) is 0. The molecule has 0 aliphatic heterocycles. The average Bonchev–Trinajstić information content (AvgIpc) is 2.49. The van der Waals surface area contributed by atoms with Crippen LogP contribution >= 0.6 is 0 Å². The van der Waals surface area contributed by atoms with Crippen LogP contribution in [0.4, 0.5) is 0 Å². The highest BCUT2D eigenvalue weighted by molar-refractivity contribution is 5.82. The van der Waals surface area contributed by atoms with Crippen LogP contribution in [0.25, 0.3) is 0 Å². The lowest BCUT2D eigenvalue weighted by molar-refractivity contribution is -0.317. The Hall–Kier alpha value is -0.410. The number of hydrogen-bond donors (Lipinski definition) is 0. The molecule has 126 valence electrons. The maximum absolute atomic E-state index is 12.2. The summed E-state index contributed by atoms with van der Waals surface area (Å²) in [4.78, 5) is 22.8. The topological polar surface area (TPSA) is 35.5 Å². The van der Waals surface area contributed by atoms with Crippen LogP contribution in [0, 0.1) is 0 Å². The van der Waals surface area contributed by atoms with Gasteiger partial charge in [0.25, 0.3) is 0 Å². The van der Waals surface area contributed by atoms with Crippen LogP contribution in [0.15, 0.2) is 0 Å². The minimum absolute atomic E-state index is 0.218. The lowest BCUT2D eigenvalue weighted by Gasteiger charge is -2.15. The molecule has 0 fully saturated rings. The summed E-state index contributed by atoms with van der Waals surface area (Å²) in [6.45, 7) is 7.09. The molecule has 0 N–H and O–H groups in total. The molecule has 3 heteroatoms. The van der Waals surface area contributed by atoms with E-state index in [2.05, 4.69) is 20.8 Å². The first-order chi connectivity index (χ1) is 10.3. The minimum atomic E-state index is -0.349. The molecule has 21 heavy (non-hydrogen) atoms. The molecule has 0 amide bonds. The second kappa shape index (κ2) is 16.0. The molecule has 0 rings (SSSR count). The molecule has 0 aliphatic carbocycles. The van der Waals surface area contributed by atoms with Gasteiger partial charge in [-0.05, 0) is 19.3 Å². The Morgan fingerprint density at radius 1 is 0.810 bits per heavy atom. The van der Waals surface area contributed by atoms with Gasteiger partial charge in [-0.2, -0.15) is 0 Å². The zero-order chi connectivity index (χ0) is 15.8. The number of carbonyl (C=O) groups is 1. The molecule has 3 nitrogen and oxygen atoms in total. The number of carbonyl (C=O) groups excluding carboxylic acids is 1. The van der Waals surface area contributed by atoms with Gasteiger partial charge in [-0.1, -0.05) is 72.1 Å². The number of ketones is 1. The molecule has 0 saturated heterocycles. The molecule has 0 spiro atoms. The van der Waals surface area contributed by atoms with Gasteiger partial charge in [0.2, 0.25) is 0 Å². The van der Waals surface area contributed by atoms with Crippen LogP contribution in [0.5, 0.6) is 0 Å². The van der Waals surface area contributed by atoms with E-state index < -0.39 is 0 Å². The standard InChI is InChI=1S/C18H36O3/c1-4-7-10-11-12-14-17(19)18(15-9-6-3)21-20-16-13-8-5-2/h18H,4-16H2,1-3H3. The summed E-state index contributed by atoms with van der Waals surface area (Å²) in [6.07, 6.45) is 12.4. The van der Waals surface area contributed by atoms with E-state index in [1.54, 1.807) is 0 Å². The van der Waals surface area contributed by atoms with Crippen molar-refractivity contribution < 1.29 is 14.6 Å². The molecule has 0 aliphatic rings. The molecule has 0 bridgehead atoms. The van der Waals surface area contributed by atoms with E-state index >= 15 is 0 Å². The number of unbranched alkanes of at least 4 members (excludes halogenated alkanes) is 7. The predicted octanol–water partition coefficient (Wildman–Crippen LogP) is 5.61. The van der Waals surface area contributed by atoms with Crippen LogP contribution < -0.4 is 0 Å². The zero-order valence-corrected chi connectivity index (χ0v) is 14.5. The Balaban J connectivity index is 3.87. The molecule has 0 aromatic rings. The Morgan fingerprint density at radius 2 is 1.43 bits per heavy atom. The number of Topliss-reactive ketones (excluding diaryl/α,β-unsaturated/α-hetero) is 1. The Morgan fingerprint density at radius 3 is 2.10 bits per heavy atom. The van der Waals surface area contributed by atoms with Crippen molar-refractivity contribution in [2.45, 2.75) is 104 Å². The average molecular weight is 300 g/mol. The number of hydrogen-bond acceptors (Lipinski definition) is 3. The minimum Gasteiger partial charge on any atom is -0.297 e. The third-order valence-electron chi connectivity index (χ3n) is 3.72. The van der Waals surface area contributed by atoms with E-state index in [1.807, 2.05) is 0 Å². The second-order valence-electron chi connectivity index (χ2n) is 5.89. The van der Waals surface area contributed by atoms with Gasteiger partial charge in [0.05, 0.1) is 6.61 Å². The van der Waals surface area contributed by atoms with Crippen LogP contribution in [0.3, 0.4) is 0 Å². The van der Waals surface area contributed by atoms with Gasteiger partial charge in [0, 0.05) is 6.42 Å². The molecular formula is C18H36O3. The first-order valence-corrected chi connectivity index (χ1v) is 9.07. The maximum Gasteiger partial charge on any atom is 0.164 e. The summed E-state index contributed by atoms with van der Waals surface area (Å²) in [5.74, 6) is 0.218. The molecule has 0 radical (unpaired) electrons. The summed E-state index contributed by atoms with van der Waals surface area (Å²) in [5.41, 5.74) is 0. The second-order valence-corrected chi connectivity index (χ2v) is 5.89. The first-order valence-electron chi connectivity index (χ1n) is 9.07. The maximum atomic E-state index is 12.2. The van der Waals surface area contributed by atoms with Gasteiger partial charge >= 0.3 is 0 Å². The highest BCUT2D eigenvalue weighted by Gasteiger charge is 2.19. The van der Waals surface area contributed by atoms with E-state index in [0.29, 0.717) is 13.0 Å². The Labute approximate surface area is 131 Å². The van der Waals surface area contributed by atoms with Crippen molar-refractivity contribution in [3.05, 3.63) is 0 Å². The molecule has 1 unspecified atom stereocenters. The third-order valence-corrected chi connectivity index (χ3v) is 3.72. The van der Waals surface area contributed by atoms with Gasteiger partial charge in [-0.25, -0.2) is 9.78 Å². The van der Waals surface area contributed by atoms with E-state index in [-0.39, 0.29) is 11.9 Å². The van der Waals surface area contributed by atoms with Gasteiger partial charge in [0.1, 0.15) is 0 Å². The molecule has 0 saturated carbocycles. The quantitative estimate of drug-likeness (QED) is 0.211. The lowest BCUT2D eigenvalue weighted by Crippen LogP contribution is -2.24. The molecule has 1 atom stereocenters. The smallest absolute Gasteiger partial charge is 0.164 e. The van der Waals surface area contributed by atoms with Crippen LogP contribution in [0.2, 0.25) is 0 Å². The molecule has 0 aromatic carbocycles. The van der Waals surface area contributed by atoms with E-state index in [9.17, 15) is 4.79 Å². The first kappa shape index (κ1) is 20.6. The molecule has 0 heterocycles. The van der Waals surface area contributed by atoms with Crippen molar-refractivity contribution in [1.29, 1.82) is 0 Å². The monoisotopic (exact) mass is 300 g/mol. The highest BCUT2D eigenvalue weighted by atomic mass is 17.2. The van der Waals surface area contributed by atoms with Crippen molar-refractivity contribution in [2.75, 3.05) is 6.61 Å². The van der Waals surface area contributed by atoms with Crippen molar-refractivity contribution in [2.24, 2.45) is 0 Å². The van der Waals surface area contributed by atoms with Gasteiger partial charge in [-0.3, -0.25) is 4.79 Å². The normalized spacial score (nSPS) is 12.5. The van der Waals surface area contributed by atoms with E-state index in [4.69, 9.17) is 9.78 Å². The van der Waals surface area contributed by atoms with Crippen molar-refractivity contribution in [1.82, 2.24) is 0 Å². The van der Waals surface area contributed by atoms with E-state index in [1.165, 1.54) is 25.7 Å². The highest BCUT2D eigenvalue weighted by Crippen LogP contribution is 2.13. The Kier molecular flexibility index (Phi) is 15.7. The van der Waals surface area contributed by atoms with Gasteiger partial charge in [0.15, 0.2) is 11.9 Å². The lowest BCUT2D eigenvalue weighted by atomic mass is 10.0. The van der Waals surface area contributed by atoms with Gasteiger partial charge in [-0.15, -0.1) is 0 Å². The van der Waals surface area contributed by atoms with Crippen LogP contribution in [-0.2, 0) is 14.6 Å². The predicted molar refractivity (Wildman–Crippen MR) is 88.3 cm³/mol. The zero-order valence-electron chi connectivity index (χ0n) is 14.5. The Bertz CT molecular complexity index is 229. The summed E-state index contributed by atoms with van der Waals surface area (Å²) >= 11 is 0. The fraction of sp³-hybridized carbons (Fsp3) is 0.944. The molecule has 0 aromatic heterocycles. The summed E-state index contributed by atoms with van der Waals surface area (Å²) < 4.78 is 0. The third kappa shape index (κ3) is 13.0. The largest absolute Gasteiger partial charge is 0.297 e. The fourth-order valence-corrected chi connectivity index (χ4v) is 2.26. The summed E-state index contributed by atoms with van der Waals surface area (Å²) in [6, 6.07) is 0. The summed E-state index contributed by atoms with van der Waals surface area (Å²) in [7, 11) is 0. The van der Waals surface area contributed by atoms with Crippen LogP contribution in [0.1, 0.15) is 97.8 Å². The van der Waals surface area contributed by atoms with E-state index in [0.717, 1.165) is 44.9 Å². The van der Waals surface area contributed by atoms with Crippen molar-refractivity contribution in [3.63, 3.8) is 0 Å².